The van der Waals surface area contributed by atoms with Crippen molar-refractivity contribution in [3.63, 3.8) is 0 Å². The number of nitrogens with one attached hydrogen (secondary N) is 1. The highest BCUT2D eigenvalue weighted by atomic mass is 16.1. The Morgan fingerprint density at radius 3 is 2.62 bits per heavy atom. The van der Waals surface area contributed by atoms with Crippen molar-refractivity contribution in [1.82, 2.24) is 5.32 Å². The predicted octanol–water partition coefficient (Wildman–Crippen LogP) is 4.79. The minimum atomic E-state index is -0.0535. The van der Waals surface area contributed by atoms with Crippen molar-refractivity contribution < 1.29 is 4.79 Å². The second kappa shape index (κ2) is 6.64. The number of hydrogen-bond donors (Lipinski definition) is 1. The van der Waals surface area contributed by atoms with Gasteiger partial charge >= 0.3 is 0 Å². The Labute approximate surface area is 144 Å². The Morgan fingerprint density at radius 2 is 1.92 bits per heavy atom. The second-order valence-corrected chi connectivity index (χ2v) is 7.22. The summed E-state index contributed by atoms with van der Waals surface area (Å²) >= 11 is 0. The summed E-state index contributed by atoms with van der Waals surface area (Å²) in [6.07, 6.45) is 4.91. The molecule has 0 unspecified atom stereocenters. The van der Waals surface area contributed by atoms with Crippen LogP contribution in [-0.4, -0.2) is 11.3 Å². The highest BCUT2D eigenvalue weighted by molar-refractivity contribution is 6.08. The fourth-order valence-electron chi connectivity index (χ4n) is 3.36. The molecule has 0 radical (unpaired) electrons. The average Bonchev–Trinajstić information content (AvgIpc) is 2.55. The van der Waals surface area contributed by atoms with Crippen molar-refractivity contribution in [2.45, 2.75) is 45.6 Å². The van der Waals surface area contributed by atoms with Gasteiger partial charge in [0.15, 0.2) is 5.78 Å². The van der Waals surface area contributed by atoms with E-state index < -0.39 is 0 Å². The van der Waals surface area contributed by atoms with E-state index in [1.165, 1.54) is 16.7 Å². The first-order valence-corrected chi connectivity index (χ1v) is 8.70. The van der Waals surface area contributed by atoms with Gasteiger partial charge in [0.25, 0.3) is 0 Å². The summed E-state index contributed by atoms with van der Waals surface area (Å²) in [5.41, 5.74) is 5.42. The smallest absolute Gasteiger partial charge is 0.187 e. The zero-order valence-corrected chi connectivity index (χ0v) is 14.7. The summed E-state index contributed by atoms with van der Waals surface area (Å²) in [6, 6.07) is 16.1. The number of rotatable bonds is 4. The van der Waals surface area contributed by atoms with E-state index >= 15 is 0 Å². The molecule has 2 heteroatoms. The van der Waals surface area contributed by atoms with E-state index in [-0.39, 0.29) is 11.3 Å². The third-order valence-electron chi connectivity index (χ3n) is 4.44. The van der Waals surface area contributed by atoms with Crippen LogP contribution in [0.2, 0.25) is 0 Å². The molecule has 2 aromatic carbocycles. The van der Waals surface area contributed by atoms with E-state index in [4.69, 9.17) is 0 Å². The SMILES string of the molecule is CCCc1ccc2c(c1)/C(=C/C(=O)c1ccccc1)NC(C)(C)C2. The highest BCUT2D eigenvalue weighted by Gasteiger charge is 2.28. The van der Waals surface area contributed by atoms with E-state index in [9.17, 15) is 4.79 Å². The van der Waals surface area contributed by atoms with Gasteiger partial charge in [0, 0.05) is 28.4 Å². The Kier molecular flexibility index (Phi) is 4.57. The lowest BCUT2D eigenvalue weighted by Crippen LogP contribution is -2.43. The van der Waals surface area contributed by atoms with Crippen LogP contribution in [0, 0.1) is 0 Å². The van der Waals surface area contributed by atoms with Gasteiger partial charge in [0.05, 0.1) is 0 Å². The van der Waals surface area contributed by atoms with E-state index in [1.54, 1.807) is 6.08 Å². The first-order chi connectivity index (χ1) is 11.5. The third-order valence-corrected chi connectivity index (χ3v) is 4.44. The molecule has 0 bridgehead atoms. The van der Waals surface area contributed by atoms with Crippen LogP contribution in [0.5, 0.6) is 0 Å². The van der Waals surface area contributed by atoms with E-state index in [0.717, 1.165) is 30.5 Å². The van der Waals surface area contributed by atoms with Crippen molar-refractivity contribution in [2.24, 2.45) is 0 Å². The Morgan fingerprint density at radius 1 is 1.17 bits per heavy atom. The van der Waals surface area contributed by atoms with Gasteiger partial charge in [0.2, 0.25) is 0 Å². The first-order valence-electron chi connectivity index (χ1n) is 8.70. The summed E-state index contributed by atoms with van der Waals surface area (Å²) in [5, 5.41) is 3.56. The van der Waals surface area contributed by atoms with Crippen molar-refractivity contribution in [1.29, 1.82) is 0 Å². The van der Waals surface area contributed by atoms with Gasteiger partial charge < -0.3 is 5.32 Å². The first kappa shape index (κ1) is 16.5. The monoisotopic (exact) mass is 319 g/mol. The lowest BCUT2D eigenvalue weighted by Gasteiger charge is -2.36. The van der Waals surface area contributed by atoms with Gasteiger partial charge in [-0.05, 0) is 43.9 Å². The largest absolute Gasteiger partial charge is 0.379 e. The maximum absolute atomic E-state index is 12.6. The molecule has 0 amide bonds. The normalized spacial score (nSPS) is 17.2. The minimum absolute atomic E-state index is 0.0441. The lowest BCUT2D eigenvalue weighted by molar-refractivity contribution is 0.104. The van der Waals surface area contributed by atoms with Crippen molar-refractivity contribution in [2.75, 3.05) is 0 Å². The number of ketones is 1. The van der Waals surface area contributed by atoms with Crippen LogP contribution in [0.4, 0.5) is 0 Å². The molecule has 1 aliphatic rings. The summed E-state index contributed by atoms with van der Waals surface area (Å²) < 4.78 is 0. The van der Waals surface area contributed by atoms with E-state index in [0.29, 0.717) is 0 Å². The molecule has 1 aliphatic heterocycles. The number of carbonyl (C=O) groups is 1. The van der Waals surface area contributed by atoms with E-state index in [1.807, 2.05) is 30.3 Å². The molecule has 0 spiro atoms. The molecule has 2 aromatic rings. The predicted molar refractivity (Wildman–Crippen MR) is 100 cm³/mol. The molecule has 0 fully saturated rings. The fraction of sp³-hybridized carbons (Fsp3) is 0.318. The molecule has 1 heterocycles. The highest BCUT2D eigenvalue weighted by Crippen LogP contribution is 2.31. The van der Waals surface area contributed by atoms with Crippen molar-refractivity contribution in [3.05, 3.63) is 76.9 Å². The molecular weight excluding hydrogens is 294 g/mol. The van der Waals surface area contributed by atoms with E-state index in [2.05, 4.69) is 44.3 Å². The van der Waals surface area contributed by atoms with Crippen LogP contribution in [0.3, 0.4) is 0 Å². The molecule has 0 aromatic heterocycles. The van der Waals surface area contributed by atoms with Crippen LogP contribution in [0.1, 0.15) is 54.2 Å². The lowest BCUT2D eigenvalue weighted by atomic mass is 9.84. The third kappa shape index (κ3) is 3.59. The summed E-state index contributed by atoms with van der Waals surface area (Å²) in [4.78, 5) is 12.6. The number of aryl methyl sites for hydroxylation is 1. The number of hydrogen-bond acceptors (Lipinski definition) is 2. The molecule has 0 atom stereocenters. The average molecular weight is 319 g/mol. The second-order valence-electron chi connectivity index (χ2n) is 7.22. The fourth-order valence-corrected chi connectivity index (χ4v) is 3.36. The number of allylic oxidation sites excluding steroid dienone is 1. The summed E-state index contributed by atoms with van der Waals surface area (Å²) in [7, 11) is 0. The minimum Gasteiger partial charge on any atom is -0.379 e. The number of benzene rings is 2. The summed E-state index contributed by atoms with van der Waals surface area (Å²) in [5.74, 6) is 0.0441. The van der Waals surface area contributed by atoms with Crippen LogP contribution < -0.4 is 5.32 Å². The van der Waals surface area contributed by atoms with Gasteiger partial charge in [-0.2, -0.15) is 0 Å². The molecule has 3 rings (SSSR count). The van der Waals surface area contributed by atoms with Gasteiger partial charge in [-0.3, -0.25) is 4.79 Å². The number of fused-ring (bicyclic) bond motifs is 1. The molecule has 2 nitrogen and oxygen atoms in total. The van der Waals surface area contributed by atoms with Crippen LogP contribution in [0.25, 0.3) is 5.70 Å². The van der Waals surface area contributed by atoms with Crippen LogP contribution >= 0.6 is 0 Å². The molecule has 0 saturated carbocycles. The zero-order chi connectivity index (χ0) is 17.2. The Balaban J connectivity index is 2.02. The van der Waals surface area contributed by atoms with Gasteiger partial charge in [0.1, 0.15) is 0 Å². The molecule has 1 N–H and O–H groups in total. The Hall–Kier alpha value is -2.35. The maximum atomic E-state index is 12.6. The van der Waals surface area contributed by atoms with Gasteiger partial charge in [-0.25, -0.2) is 0 Å². The topological polar surface area (TPSA) is 29.1 Å². The van der Waals surface area contributed by atoms with Crippen molar-refractivity contribution in [3.8, 4) is 0 Å². The molecule has 0 aliphatic carbocycles. The van der Waals surface area contributed by atoms with Gasteiger partial charge in [-0.1, -0.05) is 55.8 Å². The zero-order valence-electron chi connectivity index (χ0n) is 14.7. The quantitative estimate of drug-likeness (QED) is 0.648. The summed E-state index contributed by atoms with van der Waals surface area (Å²) in [6.45, 7) is 6.55. The molecule has 124 valence electrons. The Bertz CT molecular complexity index is 772. The van der Waals surface area contributed by atoms with Crippen LogP contribution in [-0.2, 0) is 12.8 Å². The van der Waals surface area contributed by atoms with Gasteiger partial charge in [-0.15, -0.1) is 0 Å². The molecule has 24 heavy (non-hydrogen) atoms. The van der Waals surface area contributed by atoms with Crippen molar-refractivity contribution >= 4 is 11.5 Å². The molecule has 0 saturated heterocycles. The van der Waals surface area contributed by atoms with Crippen LogP contribution in [0.15, 0.2) is 54.6 Å². The number of carbonyl (C=O) groups excluding carboxylic acids is 1. The standard InChI is InChI=1S/C22H25NO/c1-4-8-16-11-12-18-15-22(2,3)23-20(19(18)13-16)14-21(24)17-9-6-5-7-10-17/h5-7,9-14,23H,4,8,15H2,1-3H3/b20-14-. The maximum Gasteiger partial charge on any atom is 0.187 e. The molecular formula is C22H25NO.